The number of thioether (sulfide) groups is 1. The molecule has 0 unspecified atom stereocenters. The number of rotatable bonds is 5. The molecular formula is C16H19N5O3S. The van der Waals surface area contributed by atoms with Crippen LogP contribution in [0.5, 0.6) is 0 Å². The van der Waals surface area contributed by atoms with Crippen LogP contribution in [0.25, 0.3) is 11.5 Å². The van der Waals surface area contributed by atoms with Gasteiger partial charge in [-0.05, 0) is 31.9 Å². The summed E-state index contributed by atoms with van der Waals surface area (Å²) in [5.41, 5.74) is 0.704. The van der Waals surface area contributed by atoms with Crippen molar-refractivity contribution in [3.05, 3.63) is 24.5 Å². The first kappa shape index (κ1) is 17.4. The standard InChI is InChI=1S/C16H19N5O3S/c1-10(13(22)19-15(23)18-12-6-2-3-7-12)25-16-21-20-14(24-16)11-5-4-8-17-9-11/h4-5,8-10,12H,2-3,6-7H2,1H3,(H2,18,19,22,23)/t10-/m0/s1. The van der Waals surface area contributed by atoms with Crippen molar-refractivity contribution in [3.8, 4) is 11.5 Å². The van der Waals surface area contributed by atoms with Gasteiger partial charge in [0.2, 0.25) is 11.8 Å². The van der Waals surface area contributed by atoms with Crippen LogP contribution in [-0.4, -0.2) is 38.4 Å². The Kier molecular flexibility index (Phi) is 5.64. The minimum atomic E-state index is -0.545. The van der Waals surface area contributed by atoms with Crippen molar-refractivity contribution in [2.45, 2.75) is 49.1 Å². The van der Waals surface area contributed by atoms with Crippen molar-refractivity contribution < 1.29 is 14.0 Å². The predicted molar refractivity (Wildman–Crippen MR) is 91.8 cm³/mol. The van der Waals surface area contributed by atoms with E-state index in [0.29, 0.717) is 11.5 Å². The van der Waals surface area contributed by atoms with Crippen LogP contribution in [-0.2, 0) is 4.79 Å². The molecule has 2 N–H and O–H groups in total. The van der Waals surface area contributed by atoms with E-state index in [2.05, 4.69) is 25.8 Å². The van der Waals surface area contributed by atoms with Crippen LogP contribution >= 0.6 is 11.8 Å². The van der Waals surface area contributed by atoms with Gasteiger partial charge < -0.3 is 9.73 Å². The summed E-state index contributed by atoms with van der Waals surface area (Å²) in [6.45, 7) is 1.68. The Morgan fingerprint density at radius 3 is 2.84 bits per heavy atom. The average Bonchev–Trinajstić information content (AvgIpc) is 3.27. The second kappa shape index (κ2) is 8.11. The molecule has 9 heteroatoms. The van der Waals surface area contributed by atoms with E-state index in [9.17, 15) is 9.59 Å². The Hall–Kier alpha value is -2.42. The molecule has 0 radical (unpaired) electrons. The van der Waals surface area contributed by atoms with Crippen LogP contribution in [0.3, 0.4) is 0 Å². The van der Waals surface area contributed by atoms with Crippen molar-refractivity contribution in [1.82, 2.24) is 25.8 Å². The summed E-state index contributed by atoms with van der Waals surface area (Å²) in [7, 11) is 0. The molecule has 3 amide bonds. The van der Waals surface area contributed by atoms with Crippen LogP contribution in [0.1, 0.15) is 32.6 Å². The lowest BCUT2D eigenvalue weighted by atomic mass is 10.2. The number of nitrogens with zero attached hydrogens (tertiary/aromatic N) is 3. The molecule has 8 nitrogen and oxygen atoms in total. The van der Waals surface area contributed by atoms with Gasteiger partial charge in [-0.2, -0.15) is 0 Å². The molecule has 1 aliphatic carbocycles. The molecule has 3 rings (SSSR count). The zero-order valence-corrected chi connectivity index (χ0v) is 14.6. The molecule has 1 atom stereocenters. The summed E-state index contributed by atoms with van der Waals surface area (Å²) in [6, 6.07) is 3.28. The maximum Gasteiger partial charge on any atom is 0.321 e. The van der Waals surface area contributed by atoms with Crippen LogP contribution in [0, 0.1) is 0 Å². The number of hydrogen-bond acceptors (Lipinski definition) is 7. The summed E-state index contributed by atoms with van der Waals surface area (Å²) in [5.74, 6) is -0.0659. The monoisotopic (exact) mass is 361 g/mol. The van der Waals surface area contributed by atoms with Gasteiger partial charge in [0.05, 0.1) is 10.8 Å². The summed E-state index contributed by atoms with van der Waals surface area (Å²) in [6.07, 6.45) is 7.42. The number of pyridine rings is 1. The van der Waals surface area contributed by atoms with E-state index >= 15 is 0 Å². The molecule has 0 aromatic carbocycles. The first-order valence-corrected chi connectivity index (χ1v) is 9.01. The number of imide groups is 1. The Morgan fingerprint density at radius 1 is 1.32 bits per heavy atom. The summed E-state index contributed by atoms with van der Waals surface area (Å²) < 4.78 is 5.52. The number of carbonyl (C=O) groups excluding carboxylic acids is 2. The van der Waals surface area contributed by atoms with Gasteiger partial charge in [-0.25, -0.2) is 4.79 Å². The van der Waals surface area contributed by atoms with Gasteiger partial charge >= 0.3 is 6.03 Å². The number of amides is 3. The van der Waals surface area contributed by atoms with E-state index in [1.807, 2.05) is 0 Å². The molecule has 0 spiro atoms. The highest BCUT2D eigenvalue weighted by atomic mass is 32.2. The molecule has 132 valence electrons. The fraction of sp³-hybridized carbons (Fsp3) is 0.438. The van der Waals surface area contributed by atoms with Crippen LogP contribution in [0.4, 0.5) is 4.79 Å². The molecule has 25 heavy (non-hydrogen) atoms. The minimum Gasteiger partial charge on any atom is -0.411 e. The highest BCUT2D eigenvalue weighted by Crippen LogP contribution is 2.25. The predicted octanol–water partition coefficient (Wildman–Crippen LogP) is 2.38. The number of aromatic nitrogens is 3. The quantitative estimate of drug-likeness (QED) is 0.787. The third-order valence-corrected chi connectivity index (χ3v) is 4.82. The third-order valence-electron chi connectivity index (χ3n) is 3.89. The maximum absolute atomic E-state index is 12.1. The van der Waals surface area contributed by atoms with E-state index in [-0.39, 0.29) is 11.3 Å². The third kappa shape index (κ3) is 4.79. The number of hydrogen-bond donors (Lipinski definition) is 2. The highest BCUT2D eigenvalue weighted by Gasteiger charge is 2.22. The molecule has 2 aromatic heterocycles. The second-order valence-corrected chi connectivity index (χ2v) is 7.11. The van der Waals surface area contributed by atoms with Gasteiger partial charge in [0, 0.05) is 18.4 Å². The van der Waals surface area contributed by atoms with Crippen molar-refractivity contribution in [2.75, 3.05) is 0 Å². The zero-order chi connectivity index (χ0) is 17.6. The lowest BCUT2D eigenvalue weighted by Crippen LogP contribution is -2.45. The number of nitrogens with one attached hydrogen (secondary N) is 2. The molecule has 1 aliphatic rings. The van der Waals surface area contributed by atoms with Crippen molar-refractivity contribution in [1.29, 1.82) is 0 Å². The van der Waals surface area contributed by atoms with Crippen molar-refractivity contribution >= 4 is 23.7 Å². The van der Waals surface area contributed by atoms with Gasteiger partial charge in [-0.15, -0.1) is 10.2 Å². The largest absolute Gasteiger partial charge is 0.411 e. The topological polar surface area (TPSA) is 110 Å². The fourth-order valence-corrected chi connectivity index (χ4v) is 3.26. The molecular weight excluding hydrogens is 342 g/mol. The van der Waals surface area contributed by atoms with Crippen LogP contribution in [0.2, 0.25) is 0 Å². The first-order chi connectivity index (χ1) is 12.1. The average molecular weight is 361 g/mol. The zero-order valence-electron chi connectivity index (χ0n) is 13.8. The second-order valence-electron chi connectivity index (χ2n) is 5.82. The molecule has 0 bridgehead atoms. The molecule has 2 heterocycles. The van der Waals surface area contributed by atoms with Crippen LogP contribution < -0.4 is 10.6 Å². The summed E-state index contributed by atoms with van der Waals surface area (Å²) in [4.78, 5) is 28.0. The fourth-order valence-electron chi connectivity index (χ4n) is 2.57. The summed E-state index contributed by atoms with van der Waals surface area (Å²) >= 11 is 1.10. The van der Waals surface area contributed by atoms with E-state index in [0.717, 1.165) is 37.4 Å². The van der Waals surface area contributed by atoms with E-state index < -0.39 is 17.2 Å². The smallest absolute Gasteiger partial charge is 0.321 e. The SMILES string of the molecule is C[C@H](Sc1nnc(-c2cccnc2)o1)C(=O)NC(=O)NC1CCCC1. The lowest BCUT2D eigenvalue weighted by molar-refractivity contribution is -0.119. The van der Waals surface area contributed by atoms with E-state index in [4.69, 9.17) is 4.42 Å². The van der Waals surface area contributed by atoms with Gasteiger partial charge in [0.1, 0.15) is 0 Å². The molecule has 0 saturated heterocycles. The Morgan fingerprint density at radius 2 is 2.12 bits per heavy atom. The van der Waals surface area contributed by atoms with Crippen molar-refractivity contribution in [2.24, 2.45) is 0 Å². The molecule has 1 fully saturated rings. The number of carbonyl (C=O) groups is 2. The number of urea groups is 1. The normalized spacial score (nSPS) is 15.7. The van der Waals surface area contributed by atoms with E-state index in [1.54, 1.807) is 31.5 Å². The minimum absolute atomic E-state index is 0.161. The van der Waals surface area contributed by atoms with Crippen molar-refractivity contribution in [3.63, 3.8) is 0 Å². The summed E-state index contributed by atoms with van der Waals surface area (Å²) in [5, 5.41) is 12.7. The maximum atomic E-state index is 12.1. The Bertz CT molecular complexity index is 730. The molecule has 2 aromatic rings. The molecule has 0 aliphatic heterocycles. The van der Waals surface area contributed by atoms with Crippen LogP contribution in [0.15, 0.2) is 34.2 Å². The van der Waals surface area contributed by atoms with Gasteiger partial charge in [-0.3, -0.25) is 15.1 Å². The Labute approximate surface area is 149 Å². The van der Waals surface area contributed by atoms with E-state index in [1.165, 1.54) is 0 Å². The van der Waals surface area contributed by atoms with Gasteiger partial charge in [0.15, 0.2) is 0 Å². The first-order valence-electron chi connectivity index (χ1n) is 8.14. The molecule has 1 saturated carbocycles. The van der Waals surface area contributed by atoms with Gasteiger partial charge in [0.25, 0.3) is 5.22 Å². The Balaban J connectivity index is 1.51. The highest BCUT2D eigenvalue weighted by molar-refractivity contribution is 8.00. The van der Waals surface area contributed by atoms with Gasteiger partial charge in [-0.1, -0.05) is 24.6 Å². The lowest BCUT2D eigenvalue weighted by Gasteiger charge is -2.13.